The molecule has 0 N–H and O–H groups in total. The molecule has 4 heteroatoms. The lowest BCUT2D eigenvalue weighted by Gasteiger charge is -2.28. The van der Waals surface area contributed by atoms with E-state index < -0.39 is 0 Å². The van der Waals surface area contributed by atoms with Crippen molar-refractivity contribution < 1.29 is 4.79 Å². The Hall–Kier alpha value is -0.620. The molecule has 1 amide bonds. The van der Waals surface area contributed by atoms with Gasteiger partial charge in [-0.3, -0.25) is 4.79 Å². The first-order valence-electron chi connectivity index (χ1n) is 6.33. The summed E-state index contributed by atoms with van der Waals surface area (Å²) in [6.45, 7) is 5.01. The summed E-state index contributed by atoms with van der Waals surface area (Å²) in [7, 11) is 2.12. The van der Waals surface area contributed by atoms with E-state index >= 15 is 0 Å². The molecule has 1 atom stereocenters. The first-order chi connectivity index (χ1) is 8.58. The molecule has 0 radical (unpaired) electrons. The standard InChI is InChI=1S/C14H19IN2O/c1-11-10-16(2)8-3-9-17(11)14(18)12-4-6-13(15)7-5-12/h4-7,11H,3,8-10H2,1-2H3. The highest BCUT2D eigenvalue weighted by Gasteiger charge is 2.24. The molecule has 1 heterocycles. The smallest absolute Gasteiger partial charge is 0.254 e. The molecule has 1 aliphatic rings. The summed E-state index contributed by atoms with van der Waals surface area (Å²) in [5.41, 5.74) is 0.798. The van der Waals surface area contributed by atoms with Crippen LogP contribution < -0.4 is 0 Å². The third-order valence-electron chi connectivity index (χ3n) is 3.40. The highest BCUT2D eigenvalue weighted by molar-refractivity contribution is 14.1. The first kappa shape index (κ1) is 13.8. The van der Waals surface area contributed by atoms with Crippen LogP contribution in [0.15, 0.2) is 24.3 Å². The fourth-order valence-electron chi connectivity index (χ4n) is 2.43. The second-order valence-electron chi connectivity index (χ2n) is 4.97. The predicted octanol–water partition coefficient (Wildman–Crippen LogP) is 2.46. The molecule has 1 aromatic rings. The van der Waals surface area contributed by atoms with Gasteiger partial charge in [-0.25, -0.2) is 0 Å². The number of rotatable bonds is 1. The molecular formula is C14H19IN2O. The van der Waals surface area contributed by atoms with Gasteiger partial charge in [0.1, 0.15) is 0 Å². The average molecular weight is 358 g/mol. The Morgan fingerprint density at radius 3 is 2.61 bits per heavy atom. The van der Waals surface area contributed by atoms with Gasteiger partial charge in [0.05, 0.1) is 0 Å². The first-order valence-corrected chi connectivity index (χ1v) is 7.41. The topological polar surface area (TPSA) is 23.6 Å². The van der Waals surface area contributed by atoms with Gasteiger partial charge >= 0.3 is 0 Å². The summed E-state index contributed by atoms with van der Waals surface area (Å²) in [6.07, 6.45) is 1.05. The molecule has 2 rings (SSSR count). The molecule has 1 aromatic carbocycles. The van der Waals surface area contributed by atoms with Crippen molar-refractivity contribution in [2.24, 2.45) is 0 Å². The van der Waals surface area contributed by atoms with Crippen molar-refractivity contribution >= 4 is 28.5 Å². The van der Waals surface area contributed by atoms with E-state index in [1.165, 1.54) is 0 Å². The molecule has 1 fully saturated rings. The average Bonchev–Trinajstić information content (AvgIpc) is 2.50. The monoisotopic (exact) mass is 358 g/mol. The summed E-state index contributed by atoms with van der Waals surface area (Å²) in [5, 5.41) is 0. The van der Waals surface area contributed by atoms with Crippen LogP contribution in [0.5, 0.6) is 0 Å². The fourth-order valence-corrected chi connectivity index (χ4v) is 2.79. The summed E-state index contributed by atoms with van der Waals surface area (Å²) in [4.78, 5) is 16.8. The zero-order chi connectivity index (χ0) is 13.1. The minimum atomic E-state index is 0.161. The third-order valence-corrected chi connectivity index (χ3v) is 4.12. The van der Waals surface area contributed by atoms with Gasteiger partial charge in [0.25, 0.3) is 5.91 Å². The number of halogens is 1. The zero-order valence-electron chi connectivity index (χ0n) is 10.9. The maximum atomic E-state index is 12.5. The van der Waals surface area contributed by atoms with Gasteiger partial charge in [0.2, 0.25) is 0 Å². The molecule has 18 heavy (non-hydrogen) atoms. The Labute approximate surface area is 122 Å². The van der Waals surface area contributed by atoms with E-state index in [9.17, 15) is 4.79 Å². The second-order valence-corrected chi connectivity index (χ2v) is 6.22. The van der Waals surface area contributed by atoms with E-state index in [2.05, 4.69) is 41.5 Å². The molecule has 0 aliphatic carbocycles. The van der Waals surface area contributed by atoms with Crippen molar-refractivity contribution in [3.8, 4) is 0 Å². The molecule has 1 aliphatic heterocycles. The van der Waals surface area contributed by atoms with Gasteiger partial charge in [-0.05, 0) is 73.8 Å². The van der Waals surface area contributed by atoms with E-state index in [1.54, 1.807) is 0 Å². The lowest BCUT2D eigenvalue weighted by molar-refractivity contribution is 0.0696. The van der Waals surface area contributed by atoms with Crippen LogP contribution in [0.1, 0.15) is 23.7 Å². The summed E-state index contributed by atoms with van der Waals surface area (Å²) in [5.74, 6) is 0.161. The number of carbonyl (C=O) groups is 1. The van der Waals surface area contributed by atoms with Gasteiger partial charge in [0, 0.05) is 28.3 Å². The van der Waals surface area contributed by atoms with Crippen LogP contribution in [0.2, 0.25) is 0 Å². The van der Waals surface area contributed by atoms with Crippen LogP contribution in [0, 0.1) is 3.57 Å². The van der Waals surface area contributed by atoms with E-state index in [4.69, 9.17) is 0 Å². The molecule has 0 bridgehead atoms. The van der Waals surface area contributed by atoms with Gasteiger partial charge in [-0.1, -0.05) is 0 Å². The largest absolute Gasteiger partial charge is 0.335 e. The summed E-state index contributed by atoms with van der Waals surface area (Å²) >= 11 is 2.26. The second kappa shape index (κ2) is 6.02. The Kier molecular flexibility index (Phi) is 4.61. The Morgan fingerprint density at radius 2 is 1.94 bits per heavy atom. The van der Waals surface area contributed by atoms with Crippen molar-refractivity contribution in [1.29, 1.82) is 0 Å². The molecule has 0 saturated carbocycles. The zero-order valence-corrected chi connectivity index (χ0v) is 13.1. The predicted molar refractivity (Wildman–Crippen MR) is 81.8 cm³/mol. The molecule has 1 saturated heterocycles. The van der Waals surface area contributed by atoms with Crippen LogP contribution in [-0.4, -0.2) is 48.4 Å². The summed E-state index contributed by atoms with van der Waals surface area (Å²) in [6, 6.07) is 8.10. The van der Waals surface area contributed by atoms with Crippen LogP contribution >= 0.6 is 22.6 Å². The normalized spacial score (nSPS) is 21.7. The number of carbonyl (C=O) groups excluding carboxylic acids is 1. The number of amides is 1. The number of hydrogen-bond donors (Lipinski definition) is 0. The minimum absolute atomic E-state index is 0.161. The van der Waals surface area contributed by atoms with Crippen molar-refractivity contribution in [2.75, 3.05) is 26.7 Å². The lowest BCUT2D eigenvalue weighted by atomic mass is 10.1. The molecule has 0 spiro atoms. The van der Waals surface area contributed by atoms with E-state index in [0.29, 0.717) is 0 Å². The van der Waals surface area contributed by atoms with Crippen molar-refractivity contribution in [1.82, 2.24) is 9.80 Å². The molecule has 0 aromatic heterocycles. The van der Waals surface area contributed by atoms with Gasteiger partial charge < -0.3 is 9.80 Å². The highest BCUT2D eigenvalue weighted by atomic mass is 127. The number of nitrogens with zero attached hydrogens (tertiary/aromatic N) is 2. The van der Waals surface area contributed by atoms with Gasteiger partial charge in [0.15, 0.2) is 0 Å². The molecular weight excluding hydrogens is 339 g/mol. The van der Waals surface area contributed by atoms with Crippen molar-refractivity contribution in [2.45, 2.75) is 19.4 Å². The SMILES string of the molecule is CC1CN(C)CCCN1C(=O)c1ccc(I)cc1. The van der Waals surface area contributed by atoms with E-state index in [-0.39, 0.29) is 11.9 Å². The maximum absolute atomic E-state index is 12.5. The summed E-state index contributed by atoms with van der Waals surface area (Å²) < 4.78 is 1.16. The molecule has 3 nitrogen and oxygen atoms in total. The quantitative estimate of drug-likeness (QED) is 0.720. The molecule has 1 unspecified atom stereocenters. The Morgan fingerprint density at radius 1 is 1.28 bits per heavy atom. The van der Waals surface area contributed by atoms with E-state index in [1.807, 2.05) is 29.2 Å². The Bertz CT molecular complexity index is 418. The van der Waals surface area contributed by atoms with Gasteiger partial charge in [-0.2, -0.15) is 0 Å². The minimum Gasteiger partial charge on any atom is -0.335 e. The van der Waals surface area contributed by atoms with Crippen LogP contribution in [-0.2, 0) is 0 Å². The highest BCUT2D eigenvalue weighted by Crippen LogP contribution is 2.14. The van der Waals surface area contributed by atoms with Crippen LogP contribution in [0.3, 0.4) is 0 Å². The number of benzene rings is 1. The van der Waals surface area contributed by atoms with Gasteiger partial charge in [-0.15, -0.1) is 0 Å². The number of hydrogen-bond acceptors (Lipinski definition) is 2. The van der Waals surface area contributed by atoms with Crippen molar-refractivity contribution in [3.05, 3.63) is 33.4 Å². The maximum Gasteiger partial charge on any atom is 0.254 e. The number of likely N-dealkylation sites (N-methyl/N-ethyl adjacent to an activating group) is 1. The fraction of sp³-hybridized carbons (Fsp3) is 0.500. The third kappa shape index (κ3) is 3.23. The van der Waals surface area contributed by atoms with Crippen LogP contribution in [0.4, 0.5) is 0 Å². The van der Waals surface area contributed by atoms with Crippen molar-refractivity contribution in [3.63, 3.8) is 0 Å². The lowest BCUT2D eigenvalue weighted by Crippen LogP contribution is -2.41. The van der Waals surface area contributed by atoms with E-state index in [0.717, 1.165) is 35.2 Å². The van der Waals surface area contributed by atoms with Crippen LogP contribution in [0.25, 0.3) is 0 Å². The Balaban J connectivity index is 2.14. The molecule has 98 valence electrons.